The summed E-state index contributed by atoms with van der Waals surface area (Å²) in [6.07, 6.45) is 1.72. The van der Waals surface area contributed by atoms with Crippen LogP contribution in [0.4, 0.5) is 0 Å². The molecule has 1 fully saturated rings. The molecule has 1 aliphatic heterocycles. The van der Waals surface area contributed by atoms with Gasteiger partial charge in [0, 0.05) is 36.8 Å². The Morgan fingerprint density at radius 2 is 2.05 bits per heavy atom. The van der Waals surface area contributed by atoms with E-state index in [-0.39, 0.29) is 24.0 Å². The van der Waals surface area contributed by atoms with E-state index in [9.17, 15) is 18.8 Å². The zero-order valence-electron chi connectivity index (χ0n) is 21.4. The second-order valence-corrected chi connectivity index (χ2v) is 12.9. The van der Waals surface area contributed by atoms with Crippen LogP contribution in [0.25, 0.3) is 21.1 Å². The van der Waals surface area contributed by atoms with Crippen LogP contribution in [-0.4, -0.2) is 66.2 Å². The number of benzene rings is 2. The summed E-state index contributed by atoms with van der Waals surface area (Å²) in [4.78, 5) is 1.99. The predicted octanol–water partition coefficient (Wildman–Crippen LogP) is 3.50. The Kier molecular flexibility index (Phi) is 7.79. The molecular formula is C27H31N5O4S2. The Morgan fingerprint density at radius 1 is 1.24 bits per heavy atom. The lowest BCUT2D eigenvalue weighted by Crippen LogP contribution is -2.35. The van der Waals surface area contributed by atoms with Crippen molar-refractivity contribution in [1.29, 1.82) is 5.26 Å². The highest BCUT2D eigenvalue weighted by Crippen LogP contribution is 2.40. The second-order valence-electron chi connectivity index (χ2n) is 10.0. The van der Waals surface area contributed by atoms with E-state index >= 15 is 0 Å². The summed E-state index contributed by atoms with van der Waals surface area (Å²) in [6.45, 7) is 5.51. The number of sulfonamides is 1. The summed E-state index contributed by atoms with van der Waals surface area (Å²) in [5, 5.41) is 29.5. The highest BCUT2D eigenvalue weighted by atomic mass is 32.2. The smallest absolute Gasteiger partial charge is 0.213 e. The monoisotopic (exact) mass is 553 g/mol. The third-order valence-corrected chi connectivity index (χ3v) is 9.25. The van der Waals surface area contributed by atoms with Crippen LogP contribution < -0.4 is 9.46 Å². The maximum absolute atomic E-state index is 12.8. The van der Waals surface area contributed by atoms with E-state index in [1.807, 2.05) is 43.0 Å². The molecule has 200 valence electrons. The largest absolute Gasteiger partial charge is 0.490 e. The Morgan fingerprint density at radius 3 is 2.79 bits per heavy atom. The van der Waals surface area contributed by atoms with Gasteiger partial charge in [0.25, 0.3) is 0 Å². The summed E-state index contributed by atoms with van der Waals surface area (Å²) < 4.78 is 34.3. The van der Waals surface area contributed by atoms with Gasteiger partial charge in [0.2, 0.25) is 10.0 Å². The molecule has 1 aliphatic carbocycles. The van der Waals surface area contributed by atoms with Gasteiger partial charge in [-0.1, -0.05) is 29.5 Å². The van der Waals surface area contributed by atoms with E-state index in [0.29, 0.717) is 42.3 Å². The SMILES string of the molecule is CC(C)Oc1ccc(-c2nnc(-c3cccc4c3CC[C@H]4NS(=O)(=O)CCN3CC[C@@H](O)C3)s2)cc1C#N. The molecule has 0 amide bonds. The molecule has 0 unspecified atom stereocenters. The average Bonchev–Trinajstić information content (AvgIpc) is 3.63. The standard InChI is InChI=1S/C27H31N5O4S2/c1-17(2)36-25-9-6-18(14-19(25)15-28)26-29-30-27(37-26)23-5-3-4-22-21(23)7-8-24(22)31-38(34,35)13-12-32-11-10-20(33)16-32/h3-6,9,14,17,20,24,31,33H,7-8,10-13,16H2,1-2H3/t20-,24-/m1/s1. The van der Waals surface area contributed by atoms with Crippen LogP contribution >= 0.6 is 11.3 Å². The molecule has 11 heteroatoms. The predicted molar refractivity (Wildman–Crippen MR) is 146 cm³/mol. The van der Waals surface area contributed by atoms with Gasteiger partial charge in [-0.15, -0.1) is 10.2 Å². The summed E-state index contributed by atoms with van der Waals surface area (Å²) >= 11 is 1.44. The number of aliphatic hydroxyl groups is 1. The molecule has 0 radical (unpaired) electrons. The molecule has 0 bridgehead atoms. The topological polar surface area (TPSA) is 128 Å². The van der Waals surface area contributed by atoms with Crippen LogP contribution in [-0.2, 0) is 16.4 Å². The number of rotatable bonds is 9. The summed E-state index contributed by atoms with van der Waals surface area (Å²) in [5.41, 5.74) is 4.26. The van der Waals surface area contributed by atoms with Gasteiger partial charge < -0.3 is 9.84 Å². The quantitative estimate of drug-likeness (QED) is 0.412. The number of nitrogens with one attached hydrogen (secondary N) is 1. The maximum atomic E-state index is 12.8. The summed E-state index contributed by atoms with van der Waals surface area (Å²) in [7, 11) is -3.48. The van der Waals surface area contributed by atoms with Crippen molar-refractivity contribution >= 4 is 21.4 Å². The lowest BCUT2D eigenvalue weighted by molar-refractivity contribution is 0.178. The van der Waals surface area contributed by atoms with Gasteiger partial charge in [0.1, 0.15) is 21.8 Å². The van der Waals surface area contributed by atoms with Gasteiger partial charge in [-0.3, -0.25) is 4.90 Å². The van der Waals surface area contributed by atoms with Crippen molar-refractivity contribution in [2.45, 2.75) is 51.4 Å². The van der Waals surface area contributed by atoms with Gasteiger partial charge in [-0.05, 0) is 62.4 Å². The molecule has 0 spiro atoms. The second kappa shape index (κ2) is 11.1. The molecule has 1 aromatic heterocycles. The fraction of sp³-hybridized carbons (Fsp3) is 0.444. The molecule has 2 aliphatic rings. The van der Waals surface area contributed by atoms with Gasteiger partial charge in [-0.25, -0.2) is 13.1 Å². The number of nitriles is 1. The molecule has 2 aromatic carbocycles. The number of fused-ring (bicyclic) bond motifs is 1. The fourth-order valence-corrected chi connectivity index (χ4v) is 7.26. The molecule has 0 saturated carbocycles. The van der Waals surface area contributed by atoms with Crippen molar-refractivity contribution in [2.24, 2.45) is 0 Å². The number of nitrogens with zero attached hydrogens (tertiary/aromatic N) is 4. The van der Waals surface area contributed by atoms with Crippen molar-refractivity contribution in [3.05, 3.63) is 53.1 Å². The van der Waals surface area contributed by atoms with E-state index in [4.69, 9.17) is 4.74 Å². The van der Waals surface area contributed by atoms with Crippen LogP contribution in [0, 0.1) is 11.3 Å². The van der Waals surface area contributed by atoms with E-state index in [1.54, 1.807) is 12.1 Å². The Bertz CT molecular complexity index is 1460. The number of aliphatic hydroxyl groups excluding tert-OH is 1. The zero-order chi connectivity index (χ0) is 26.9. The molecule has 38 heavy (non-hydrogen) atoms. The molecule has 2 heterocycles. The molecule has 3 aromatic rings. The third kappa shape index (κ3) is 5.90. The lowest BCUT2D eigenvalue weighted by Gasteiger charge is -2.18. The van der Waals surface area contributed by atoms with Crippen molar-refractivity contribution < 1.29 is 18.3 Å². The van der Waals surface area contributed by atoms with Gasteiger partial charge in [0.05, 0.1) is 23.5 Å². The van der Waals surface area contributed by atoms with Crippen molar-refractivity contribution in [3.8, 4) is 33.0 Å². The molecule has 2 N–H and O–H groups in total. The molecule has 9 nitrogen and oxygen atoms in total. The zero-order valence-corrected chi connectivity index (χ0v) is 23.1. The van der Waals surface area contributed by atoms with Crippen molar-refractivity contribution in [2.75, 3.05) is 25.4 Å². The molecule has 5 rings (SSSR count). The number of aromatic nitrogens is 2. The lowest BCUT2D eigenvalue weighted by atomic mass is 10.0. The molecule has 2 atom stereocenters. The van der Waals surface area contributed by atoms with Crippen LogP contribution in [0.2, 0.25) is 0 Å². The normalized spacial score (nSPS) is 19.6. The van der Waals surface area contributed by atoms with E-state index in [0.717, 1.165) is 40.2 Å². The first-order valence-corrected chi connectivity index (χ1v) is 15.3. The summed E-state index contributed by atoms with van der Waals surface area (Å²) in [6, 6.07) is 13.3. The van der Waals surface area contributed by atoms with Gasteiger partial charge in [0.15, 0.2) is 0 Å². The molecule has 1 saturated heterocycles. The highest BCUT2D eigenvalue weighted by Gasteiger charge is 2.30. The highest BCUT2D eigenvalue weighted by molar-refractivity contribution is 7.89. The third-order valence-electron chi connectivity index (χ3n) is 6.88. The Labute approximate surface area is 227 Å². The first-order valence-electron chi connectivity index (χ1n) is 12.8. The van der Waals surface area contributed by atoms with Crippen molar-refractivity contribution in [3.63, 3.8) is 0 Å². The Balaban J connectivity index is 1.32. The number of ether oxygens (including phenoxy) is 1. The maximum Gasteiger partial charge on any atom is 0.213 e. The number of likely N-dealkylation sites (tertiary alicyclic amines) is 1. The van der Waals surface area contributed by atoms with E-state index in [1.165, 1.54) is 11.3 Å². The Hall–Kier alpha value is -2.88. The van der Waals surface area contributed by atoms with E-state index < -0.39 is 10.0 Å². The van der Waals surface area contributed by atoms with Crippen LogP contribution in [0.5, 0.6) is 5.75 Å². The van der Waals surface area contributed by atoms with Crippen LogP contribution in [0.15, 0.2) is 36.4 Å². The minimum absolute atomic E-state index is 0.0106. The van der Waals surface area contributed by atoms with Crippen molar-refractivity contribution in [1.82, 2.24) is 19.8 Å². The number of hydrogen-bond donors (Lipinski definition) is 2. The van der Waals surface area contributed by atoms with Crippen LogP contribution in [0.3, 0.4) is 0 Å². The number of β-amino-alcohol motifs (C(OH)–C–C–N with tert-alkyl or cyclic N) is 1. The average molecular weight is 554 g/mol. The van der Waals surface area contributed by atoms with E-state index in [2.05, 4.69) is 21.0 Å². The fourth-order valence-electron chi connectivity index (χ4n) is 5.07. The molecular weight excluding hydrogens is 522 g/mol. The van der Waals surface area contributed by atoms with Gasteiger partial charge in [-0.2, -0.15) is 5.26 Å². The summed E-state index contributed by atoms with van der Waals surface area (Å²) in [5.74, 6) is 0.555. The first kappa shape index (κ1) is 26.7. The first-order chi connectivity index (χ1) is 18.2. The minimum atomic E-state index is -3.48. The number of hydrogen-bond acceptors (Lipinski definition) is 9. The minimum Gasteiger partial charge on any atom is -0.490 e. The van der Waals surface area contributed by atoms with Gasteiger partial charge >= 0.3 is 0 Å². The van der Waals surface area contributed by atoms with Crippen LogP contribution in [0.1, 0.15) is 49.4 Å².